The number of rotatable bonds is 3. The average molecular weight is 261 g/mol. The highest BCUT2D eigenvalue weighted by Crippen LogP contribution is 2.27. The van der Waals surface area contributed by atoms with Crippen molar-refractivity contribution in [1.82, 2.24) is 0 Å². The predicted molar refractivity (Wildman–Crippen MR) is 57.9 cm³/mol. The fraction of sp³-hybridized carbons (Fsp3) is 0.222. The normalized spacial score (nSPS) is 11.7. The monoisotopic (exact) mass is 260 g/mol. The van der Waals surface area contributed by atoms with Crippen LogP contribution in [0.15, 0.2) is 22.0 Å². The molecule has 0 aliphatic rings. The first kappa shape index (κ1) is 10.5. The molecule has 4 heteroatoms. The lowest BCUT2D eigenvalue weighted by Gasteiger charge is -1.94. The van der Waals surface area contributed by atoms with Gasteiger partial charge in [0.25, 0.3) is 0 Å². The molecule has 1 rings (SSSR count). The van der Waals surface area contributed by atoms with Gasteiger partial charge in [-0.2, -0.15) is 0 Å². The lowest BCUT2D eigenvalue weighted by atomic mass is 10.2. The molecule has 0 radical (unpaired) electrons. The Kier molecular flexibility index (Phi) is 3.69. The smallest absolute Gasteiger partial charge is 0.307 e. The van der Waals surface area contributed by atoms with Gasteiger partial charge in [-0.3, -0.25) is 4.79 Å². The molecule has 2 nitrogen and oxygen atoms in total. The van der Waals surface area contributed by atoms with E-state index in [1.165, 1.54) is 0 Å². The van der Waals surface area contributed by atoms with E-state index < -0.39 is 5.97 Å². The number of carboxylic acids is 1. The average Bonchev–Trinajstić information content (AvgIpc) is 2.47. The van der Waals surface area contributed by atoms with Crippen LogP contribution in [0.4, 0.5) is 0 Å². The Labute approximate surface area is 89.0 Å². The van der Waals surface area contributed by atoms with Crippen LogP contribution in [-0.4, -0.2) is 11.1 Å². The van der Waals surface area contributed by atoms with Crippen LogP contribution in [0.1, 0.15) is 18.2 Å². The van der Waals surface area contributed by atoms with E-state index in [-0.39, 0.29) is 6.42 Å². The molecule has 13 heavy (non-hydrogen) atoms. The third-order valence-corrected chi connectivity index (χ3v) is 3.30. The fourth-order valence-corrected chi connectivity index (χ4v) is 2.25. The Morgan fingerprint density at radius 3 is 2.85 bits per heavy atom. The van der Waals surface area contributed by atoms with Crippen LogP contribution in [0.2, 0.25) is 0 Å². The number of allylic oxidation sites excluding steroid dienone is 1. The van der Waals surface area contributed by atoms with Gasteiger partial charge in [-0.05, 0) is 40.6 Å². The summed E-state index contributed by atoms with van der Waals surface area (Å²) in [6.45, 7) is 1.92. The van der Waals surface area contributed by atoms with Crippen molar-refractivity contribution in [3.05, 3.63) is 26.9 Å². The van der Waals surface area contributed by atoms with E-state index in [1.807, 2.05) is 19.1 Å². The number of aliphatic carboxylic acids is 1. The molecule has 0 atom stereocenters. The van der Waals surface area contributed by atoms with E-state index in [0.29, 0.717) is 0 Å². The van der Waals surface area contributed by atoms with Gasteiger partial charge < -0.3 is 5.11 Å². The summed E-state index contributed by atoms with van der Waals surface area (Å²) in [5.41, 5.74) is 1.01. The lowest BCUT2D eigenvalue weighted by molar-refractivity contribution is -0.135. The molecule has 1 aromatic rings. The Morgan fingerprint density at radius 2 is 2.38 bits per heavy atom. The maximum atomic E-state index is 10.3. The van der Waals surface area contributed by atoms with Crippen molar-refractivity contribution in [3.8, 4) is 0 Å². The van der Waals surface area contributed by atoms with Gasteiger partial charge in [0.15, 0.2) is 0 Å². The minimum Gasteiger partial charge on any atom is -0.481 e. The molecule has 1 aromatic heterocycles. The quantitative estimate of drug-likeness (QED) is 0.905. The summed E-state index contributed by atoms with van der Waals surface area (Å²) >= 11 is 4.96. The van der Waals surface area contributed by atoms with Crippen LogP contribution in [-0.2, 0) is 4.79 Å². The number of halogens is 1. The molecule has 0 spiro atoms. The fourth-order valence-electron chi connectivity index (χ4n) is 0.867. The van der Waals surface area contributed by atoms with E-state index in [0.717, 1.165) is 14.2 Å². The summed E-state index contributed by atoms with van der Waals surface area (Å²) in [6, 6.07) is 3.93. The standard InChI is InChI=1S/C9H9BrO2S/c1-6(2-5-9(11)12)7-3-4-8(10)13-7/h2-4H,5H2,1H3,(H,11,12)/b6-2-. The molecule has 0 amide bonds. The zero-order valence-corrected chi connectivity index (χ0v) is 9.48. The van der Waals surface area contributed by atoms with E-state index in [9.17, 15) is 4.79 Å². The van der Waals surface area contributed by atoms with Gasteiger partial charge in [0.05, 0.1) is 10.2 Å². The summed E-state index contributed by atoms with van der Waals surface area (Å²) in [6.07, 6.45) is 1.81. The molecule has 0 unspecified atom stereocenters. The van der Waals surface area contributed by atoms with Crippen molar-refractivity contribution in [3.63, 3.8) is 0 Å². The Hall–Kier alpha value is -0.610. The van der Waals surface area contributed by atoms with Crippen LogP contribution in [0.25, 0.3) is 5.57 Å². The lowest BCUT2D eigenvalue weighted by Crippen LogP contribution is -1.90. The highest BCUT2D eigenvalue weighted by molar-refractivity contribution is 9.11. The Morgan fingerprint density at radius 1 is 1.69 bits per heavy atom. The third-order valence-electron chi connectivity index (χ3n) is 1.54. The van der Waals surface area contributed by atoms with Crippen LogP contribution in [0.5, 0.6) is 0 Å². The summed E-state index contributed by atoms with van der Waals surface area (Å²) < 4.78 is 1.06. The minimum absolute atomic E-state index is 0.0847. The number of carbonyl (C=O) groups is 1. The van der Waals surface area contributed by atoms with Crippen LogP contribution in [0.3, 0.4) is 0 Å². The molecule has 0 saturated heterocycles. The first-order chi connectivity index (χ1) is 6.09. The van der Waals surface area contributed by atoms with Crippen LogP contribution < -0.4 is 0 Å². The van der Waals surface area contributed by atoms with Crippen LogP contribution in [0, 0.1) is 0 Å². The first-order valence-corrected chi connectivity index (χ1v) is 5.35. The van der Waals surface area contributed by atoms with Gasteiger partial charge in [-0.25, -0.2) is 0 Å². The van der Waals surface area contributed by atoms with E-state index in [1.54, 1.807) is 17.4 Å². The van der Waals surface area contributed by atoms with E-state index in [4.69, 9.17) is 5.11 Å². The van der Waals surface area contributed by atoms with Gasteiger partial charge in [-0.15, -0.1) is 11.3 Å². The largest absolute Gasteiger partial charge is 0.481 e. The maximum Gasteiger partial charge on any atom is 0.307 e. The third kappa shape index (κ3) is 3.32. The highest BCUT2D eigenvalue weighted by Gasteiger charge is 2.00. The molecular weight excluding hydrogens is 252 g/mol. The van der Waals surface area contributed by atoms with Gasteiger partial charge in [-0.1, -0.05) is 6.08 Å². The van der Waals surface area contributed by atoms with Gasteiger partial charge in [0.1, 0.15) is 0 Å². The van der Waals surface area contributed by atoms with Gasteiger partial charge >= 0.3 is 5.97 Å². The minimum atomic E-state index is -0.796. The van der Waals surface area contributed by atoms with Crippen molar-refractivity contribution in [2.45, 2.75) is 13.3 Å². The van der Waals surface area contributed by atoms with Crippen molar-refractivity contribution >= 4 is 38.8 Å². The molecule has 0 fully saturated rings. The number of hydrogen-bond acceptors (Lipinski definition) is 2. The molecular formula is C9H9BrO2S. The summed E-state index contributed by atoms with van der Waals surface area (Å²) in [5, 5.41) is 8.46. The van der Waals surface area contributed by atoms with Crippen molar-refractivity contribution in [2.75, 3.05) is 0 Å². The molecule has 1 N–H and O–H groups in total. The Bertz CT molecular complexity index is 341. The molecule has 1 heterocycles. The maximum absolute atomic E-state index is 10.3. The second kappa shape index (κ2) is 4.58. The number of thiophene rings is 1. The molecule has 0 bridgehead atoms. The molecule has 0 saturated carbocycles. The number of carboxylic acid groups (broad SMARTS) is 1. The molecule has 0 aliphatic heterocycles. The van der Waals surface area contributed by atoms with Gasteiger partial charge in [0, 0.05) is 4.88 Å². The molecule has 0 aromatic carbocycles. The summed E-state index contributed by atoms with van der Waals surface area (Å²) in [4.78, 5) is 11.4. The number of hydrogen-bond donors (Lipinski definition) is 1. The molecule has 0 aliphatic carbocycles. The topological polar surface area (TPSA) is 37.3 Å². The van der Waals surface area contributed by atoms with Gasteiger partial charge in [0.2, 0.25) is 0 Å². The zero-order chi connectivity index (χ0) is 9.84. The summed E-state index contributed by atoms with van der Waals surface area (Å²) in [7, 11) is 0. The van der Waals surface area contributed by atoms with Crippen molar-refractivity contribution in [2.24, 2.45) is 0 Å². The predicted octanol–water partition coefficient (Wildman–Crippen LogP) is 3.39. The van der Waals surface area contributed by atoms with Crippen molar-refractivity contribution < 1.29 is 9.90 Å². The van der Waals surface area contributed by atoms with E-state index >= 15 is 0 Å². The first-order valence-electron chi connectivity index (χ1n) is 3.74. The van der Waals surface area contributed by atoms with Crippen LogP contribution >= 0.6 is 27.3 Å². The SMILES string of the molecule is C/C(=C/CC(=O)O)c1ccc(Br)s1. The van der Waals surface area contributed by atoms with E-state index in [2.05, 4.69) is 15.9 Å². The Balaban J connectivity index is 2.72. The molecule has 70 valence electrons. The van der Waals surface area contributed by atoms with Crippen molar-refractivity contribution in [1.29, 1.82) is 0 Å². The highest BCUT2D eigenvalue weighted by atomic mass is 79.9. The second-order valence-corrected chi connectivity index (χ2v) is 5.05. The second-order valence-electron chi connectivity index (χ2n) is 2.59. The summed E-state index contributed by atoms with van der Waals surface area (Å²) in [5.74, 6) is -0.796. The zero-order valence-electron chi connectivity index (χ0n) is 7.08.